The highest BCUT2D eigenvalue weighted by atomic mass is 15.2. The average molecular weight is 641 g/mol. The molecule has 0 spiro atoms. The first-order valence-electron chi connectivity index (χ1n) is 17.2. The third kappa shape index (κ3) is 4.61. The molecule has 50 heavy (non-hydrogen) atoms. The van der Waals surface area contributed by atoms with Crippen molar-refractivity contribution in [2.45, 2.75) is 12.3 Å². The van der Waals surface area contributed by atoms with E-state index in [1.54, 1.807) is 0 Å². The lowest BCUT2D eigenvalue weighted by Crippen LogP contribution is -2.04. The highest BCUT2D eigenvalue weighted by Gasteiger charge is 2.18. The monoisotopic (exact) mass is 640 g/mol. The summed E-state index contributed by atoms with van der Waals surface area (Å²) in [5.41, 5.74) is 11.5. The van der Waals surface area contributed by atoms with Crippen LogP contribution in [0.25, 0.3) is 71.9 Å². The summed E-state index contributed by atoms with van der Waals surface area (Å²) in [4.78, 5) is 9.95. The molecule has 9 aromatic rings. The molecule has 0 aliphatic heterocycles. The number of nitrogens with zero attached hydrogens (tertiary/aromatic N) is 4. The van der Waals surface area contributed by atoms with Gasteiger partial charge in [0.05, 0.1) is 27.8 Å². The van der Waals surface area contributed by atoms with Gasteiger partial charge in [0.1, 0.15) is 0 Å². The summed E-state index contributed by atoms with van der Waals surface area (Å²) in [6.07, 6.45) is 9.64. The van der Waals surface area contributed by atoms with E-state index in [1.165, 1.54) is 55.0 Å². The van der Waals surface area contributed by atoms with Crippen molar-refractivity contribution >= 4 is 49.2 Å². The first-order valence-corrected chi connectivity index (χ1v) is 17.2. The molecule has 1 unspecified atom stereocenters. The van der Waals surface area contributed by atoms with E-state index >= 15 is 0 Å². The van der Waals surface area contributed by atoms with Crippen LogP contribution in [-0.2, 0) is 0 Å². The van der Waals surface area contributed by atoms with Crippen molar-refractivity contribution in [3.8, 4) is 22.8 Å². The first kappa shape index (κ1) is 28.5. The van der Waals surface area contributed by atoms with E-state index in [-0.39, 0.29) is 0 Å². The molecule has 0 saturated heterocycles. The van der Waals surface area contributed by atoms with Gasteiger partial charge in [-0.15, -0.1) is 0 Å². The Morgan fingerprint density at radius 2 is 1.10 bits per heavy atom. The van der Waals surface area contributed by atoms with E-state index in [2.05, 4.69) is 173 Å². The number of hydrogen-bond donors (Lipinski definition) is 0. The van der Waals surface area contributed by atoms with Crippen molar-refractivity contribution in [3.63, 3.8) is 0 Å². The Balaban J connectivity index is 1.06. The van der Waals surface area contributed by atoms with Crippen LogP contribution in [0.5, 0.6) is 0 Å². The summed E-state index contributed by atoms with van der Waals surface area (Å²) in [5.74, 6) is 1.06. The van der Waals surface area contributed by atoms with Gasteiger partial charge in [-0.05, 0) is 83.3 Å². The molecule has 4 nitrogen and oxygen atoms in total. The Hall–Kier alpha value is -6.52. The number of para-hydroxylation sites is 3. The van der Waals surface area contributed by atoms with Crippen LogP contribution in [-0.4, -0.2) is 19.1 Å². The lowest BCUT2D eigenvalue weighted by Gasteiger charge is -2.17. The Morgan fingerprint density at radius 3 is 1.76 bits per heavy atom. The van der Waals surface area contributed by atoms with Crippen LogP contribution < -0.4 is 0 Å². The number of benzene rings is 6. The fourth-order valence-corrected chi connectivity index (χ4v) is 7.75. The minimum absolute atomic E-state index is 0.385. The normalized spacial score (nSPS) is 14.6. The van der Waals surface area contributed by atoms with E-state index in [1.807, 2.05) is 12.3 Å². The molecule has 10 rings (SSSR count). The molecule has 1 aliphatic rings. The Morgan fingerprint density at radius 1 is 0.520 bits per heavy atom. The predicted octanol–water partition coefficient (Wildman–Crippen LogP) is 11.5. The van der Waals surface area contributed by atoms with Gasteiger partial charge in [-0.3, -0.25) is 4.57 Å². The number of hydrogen-bond acceptors (Lipinski definition) is 2. The van der Waals surface area contributed by atoms with E-state index in [9.17, 15) is 0 Å². The van der Waals surface area contributed by atoms with Gasteiger partial charge in [0.2, 0.25) is 5.95 Å². The summed E-state index contributed by atoms with van der Waals surface area (Å²) < 4.78 is 4.56. The number of rotatable bonds is 5. The standard InChI is InChI=1S/C46H32N4/c1-3-11-31(12-4-1)32-19-21-33(22-20-32)41-27-28-47-46(48-41)50-43-18-10-8-16-38(43)40-30-35(24-26-45(40)50)34-23-25-44-39(29-34)37-15-7-9-17-42(37)49(44)36-13-5-2-6-14-36/h1-19,21-30,32H,20H2. The molecule has 0 amide bonds. The Kier molecular flexibility index (Phi) is 6.59. The van der Waals surface area contributed by atoms with E-state index in [0.29, 0.717) is 11.9 Å². The summed E-state index contributed by atoms with van der Waals surface area (Å²) in [5, 5.41) is 4.86. The maximum absolute atomic E-state index is 5.14. The van der Waals surface area contributed by atoms with Gasteiger partial charge < -0.3 is 4.57 Å². The molecule has 0 radical (unpaired) electrons. The Bertz CT molecular complexity index is 2780. The van der Waals surface area contributed by atoms with Crippen molar-refractivity contribution in [2.75, 3.05) is 0 Å². The van der Waals surface area contributed by atoms with Gasteiger partial charge in [-0.25, -0.2) is 9.97 Å². The van der Waals surface area contributed by atoms with Gasteiger partial charge >= 0.3 is 0 Å². The molecule has 3 heterocycles. The highest BCUT2D eigenvalue weighted by molar-refractivity contribution is 6.12. The lowest BCUT2D eigenvalue weighted by molar-refractivity contribution is 0.855. The van der Waals surface area contributed by atoms with Gasteiger partial charge in [0.25, 0.3) is 0 Å². The van der Waals surface area contributed by atoms with Crippen molar-refractivity contribution in [2.24, 2.45) is 0 Å². The zero-order valence-corrected chi connectivity index (χ0v) is 27.3. The summed E-state index contributed by atoms with van der Waals surface area (Å²) >= 11 is 0. The van der Waals surface area contributed by atoms with Crippen LogP contribution >= 0.6 is 0 Å². The quantitative estimate of drug-likeness (QED) is 0.188. The van der Waals surface area contributed by atoms with Crippen molar-refractivity contribution in [3.05, 3.63) is 187 Å². The number of fused-ring (bicyclic) bond motifs is 6. The highest BCUT2D eigenvalue weighted by Crippen LogP contribution is 2.38. The molecule has 0 bridgehead atoms. The molecular formula is C46H32N4. The lowest BCUT2D eigenvalue weighted by atomic mass is 9.89. The molecule has 0 saturated carbocycles. The van der Waals surface area contributed by atoms with Crippen molar-refractivity contribution in [1.29, 1.82) is 0 Å². The van der Waals surface area contributed by atoms with E-state index in [4.69, 9.17) is 9.97 Å². The molecule has 6 aromatic carbocycles. The second-order valence-corrected chi connectivity index (χ2v) is 13.0. The van der Waals surface area contributed by atoms with Crippen LogP contribution in [0.15, 0.2) is 176 Å². The largest absolute Gasteiger partial charge is 0.309 e. The molecule has 0 fully saturated rings. The van der Waals surface area contributed by atoms with Crippen LogP contribution in [0.3, 0.4) is 0 Å². The Labute approximate surface area is 289 Å². The molecule has 0 N–H and O–H groups in total. The second-order valence-electron chi connectivity index (χ2n) is 13.0. The van der Waals surface area contributed by atoms with Crippen molar-refractivity contribution < 1.29 is 0 Å². The maximum atomic E-state index is 5.14. The van der Waals surface area contributed by atoms with E-state index < -0.39 is 0 Å². The fourth-order valence-electron chi connectivity index (χ4n) is 7.75. The van der Waals surface area contributed by atoms with Gasteiger partial charge in [0, 0.05) is 39.3 Å². The number of aromatic nitrogens is 4. The van der Waals surface area contributed by atoms with Gasteiger partial charge in [-0.2, -0.15) is 0 Å². The topological polar surface area (TPSA) is 35.6 Å². The van der Waals surface area contributed by atoms with Crippen molar-refractivity contribution in [1.82, 2.24) is 19.1 Å². The molecule has 236 valence electrons. The minimum atomic E-state index is 0.385. The fraction of sp³-hybridized carbons (Fsp3) is 0.0435. The minimum Gasteiger partial charge on any atom is -0.309 e. The summed E-state index contributed by atoms with van der Waals surface area (Å²) in [7, 11) is 0. The van der Waals surface area contributed by atoms with Gasteiger partial charge in [-0.1, -0.05) is 115 Å². The molecule has 1 aliphatic carbocycles. The number of allylic oxidation sites excluding steroid dienone is 4. The summed E-state index contributed by atoms with van der Waals surface area (Å²) in [6.45, 7) is 0. The van der Waals surface area contributed by atoms with Crippen LogP contribution in [0.2, 0.25) is 0 Å². The average Bonchev–Trinajstić information content (AvgIpc) is 3.71. The predicted molar refractivity (Wildman–Crippen MR) is 207 cm³/mol. The van der Waals surface area contributed by atoms with E-state index in [0.717, 1.165) is 28.7 Å². The first-order chi connectivity index (χ1) is 24.8. The molecular weight excluding hydrogens is 609 g/mol. The van der Waals surface area contributed by atoms with Crippen LogP contribution in [0.1, 0.15) is 23.6 Å². The zero-order chi connectivity index (χ0) is 33.0. The van der Waals surface area contributed by atoms with Crippen LogP contribution in [0, 0.1) is 0 Å². The molecule has 1 atom stereocenters. The molecule has 3 aromatic heterocycles. The maximum Gasteiger partial charge on any atom is 0.235 e. The molecule has 4 heteroatoms. The third-order valence-corrected chi connectivity index (χ3v) is 10.2. The zero-order valence-electron chi connectivity index (χ0n) is 27.3. The SMILES string of the molecule is C1=CC(c2ccccc2)CC=C1c1ccnc(-n2c3ccccc3c3cc(-c4ccc5c(c4)c4ccccc4n5-c4ccccc4)ccc32)n1. The third-order valence-electron chi connectivity index (χ3n) is 10.2. The second kappa shape index (κ2) is 11.6. The summed E-state index contributed by atoms with van der Waals surface area (Å²) in [6, 6.07) is 54.2. The van der Waals surface area contributed by atoms with Gasteiger partial charge in [0.15, 0.2) is 0 Å². The smallest absolute Gasteiger partial charge is 0.235 e. The van der Waals surface area contributed by atoms with Crippen LogP contribution in [0.4, 0.5) is 0 Å².